The maximum Gasteiger partial charge on any atom is 0.192 e. The number of rotatable bonds is 3. The number of carbonyl (C=O) groups is 1. The Kier molecular flexibility index (Phi) is 3.17. The van der Waals surface area contributed by atoms with Crippen LogP contribution in [0, 0.1) is 6.92 Å². The fourth-order valence-electron chi connectivity index (χ4n) is 2.15. The van der Waals surface area contributed by atoms with Crippen molar-refractivity contribution < 1.29 is 4.79 Å². The highest BCUT2D eigenvalue weighted by atomic mass is 35.5. The summed E-state index contributed by atoms with van der Waals surface area (Å²) in [7, 11) is 0. The molecule has 0 fully saturated rings. The van der Waals surface area contributed by atoms with Crippen LogP contribution in [-0.2, 0) is 6.54 Å². The van der Waals surface area contributed by atoms with Gasteiger partial charge in [0.2, 0.25) is 0 Å². The number of aryl methyl sites for hydroxylation is 1. The lowest BCUT2D eigenvalue weighted by Gasteiger charge is -2.03. The lowest BCUT2D eigenvalue weighted by Crippen LogP contribution is -2.07. The molecule has 0 saturated carbocycles. The molecule has 0 N–H and O–H groups in total. The first-order valence-corrected chi connectivity index (χ1v) is 7.17. The number of carbonyl (C=O) groups excluding carboxylic acids is 1. The predicted octanol–water partition coefficient (Wildman–Crippen LogP) is 4.55. The smallest absolute Gasteiger partial charge is 0.192 e. The molecule has 0 unspecified atom stereocenters. The molecule has 1 aromatic carbocycles. The van der Waals surface area contributed by atoms with Crippen LogP contribution in [0.1, 0.15) is 15.2 Å². The molecular formula is C15H12ClNOS. The second-order valence-corrected chi connectivity index (χ2v) is 6.25. The number of aromatic nitrogens is 1. The third-order valence-electron chi connectivity index (χ3n) is 3.09. The molecule has 96 valence electrons. The fourth-order valence-corrected chi connectivity index (χ4v) is 3.13. The van der Waals surface area contributed by atoms with Crippen molar-refractivity contribution in [2.45, 2.75) is 13.5 Å². The number of halogens is 1. The van der Waals surface area contributed by atoms with E-state index < -0.39 is 0 Å². The fraction of sp³-hybridized carbons (Fsp3) is 0.133. The third-order valence-corrected chi connectivity index (χ3v) is 4.36. The molecule has 0 amide bonds. The first-order chi connectivity index (χ1) is 9.13. The van der Waals surface area contributed by atoms with Gasteiger partial charge in [-0.3, -0.25) is 4.79 Å². The minimum Gasteiger partial charge on any atom is -0.340 e. The highest BCUT2D eigenvalue weighted by molar-refractivity contribution is 7.18. The Bertz CT molecular complexity index is 756. The number of ketones is 1. The van der Waals surface area contributed by atoms with Crippen LogP contribution in [0.25, 0.3) is 10.9 Å². The Balaban J connectivity index is 1.91. The van der Waals surface area contributed by atoms with E-state index in [0.717, 1.165) is 10.9 Å². The molecule has 0 bridgehead atoms. The molecular weight excluding hydrogens is 278 g/mol. The molecule has 0 saturated heterocycles. The molecule has 0 spiro atoms. The van der Waals surface area contributed by atoms with Crippen LogP contribution >= 0.6 is 22.9 Å². The van der Waals surface area contributed by atoms with Gasteiger partial charge in [-0.2, -0.15) is 0 Å². The number of fused-ring (bicyclic) bond motifs is 1. The summed E-state index contributed by atoms with van der Waals surface area (Å²) in [6, 6.07) is 11.8. The van der Waals surface area contributed by atoms with Crippen molar-refractivity contribution in [3.63, 3.8) is 0 Å². The molecule has 3 aromatic rings. The van der Waals surface area contributed by atoms with Gasteiger partial charge in [0, 0.05) is 11.7 Å². The van der Waals surface area contributed by atoms with Crippen molar-refractivity contribution in [3.05, 3.63) is 57.4 Å². The number of Topliss-reactive ketones (excluding diaryl/α,β-unsaturated/α-hetero) is 1. The van der Waals surface area contributed by atoms with E-state index in [4.69, 9.17) is 11.6 Å². The van der Waals surface area contributed by atoms with E-state index in [-0.39, 0.29) is 5.78 Å². The first-order valence-electron chi connectivity index (χ1n) is 5.97. The van der Waals surface area contributed by atoms with Gasteiger partial charge in [-0.05, 0) is 42.6 Å². The van der Waals surface area contributed by atoms with Gasteiger partial charge in [0.15, 0.2) is 5.78 Å². The SMILES string of the molecule is Cc1ccc2c(ccn2CC(=O)c2ccc(Cl)s2)c1. The number of benzene rings is 1. The molecule has 2 aromatic heterocycles. The minimum atomic E-state index is 0.0926. The van der Waals surface area contributed by atoms with Crippen LogP contribution in [0.2, 0.25) is 4.34 Å². The number of hydrogen-bond donors (Lipinski definition) is 0. The zero-order valence-corrected chi connectivity index (χ0v) is 12.0. The Morgan fingerprint density at radius 1 is 1.26 bits per heavy atom. The summed E-state index contributed by atoms with van der Waals surface area (Å²) >= 11 is 7.19. The Labute approximate surface area is 120 Å². The molecule has 4 heteroatoms. The van der Waals surface area contributed by atoms with Crippen molar-refractivity contribution in [1.82, 2.24) is 4.57 Å². The van der Waals surface area contributed by atoms with E-state index in [9.17, 15) is 4.79 Å². The van der Waals surface area contributed by atoms with Gasteiger partial charge in [0.25, 0.3) is 0 Å². The Hall–Kier alpha value is -1.58. The van der Waals surface area contributed by atoms with Gasteiger partial charge in [-0.15, -0.1) is 11.3 Å². The summed E-state index contributed by atoms with van der Waals surface area (Å²) in [6.07, 6.45) is 1.96. The average Bonchev–Trinajstić information content (AvgIpc) is 2.96. The largest absolute Gasteiger partial charge is 0.340 e. The number of thiophene rings is 1. The van der Waals surface area contributed by atoms with Gasteiger partial charge in [0.05, 0.1) is 15.8 Å². The summed E-state index contributed by atoms with van der Waals surface area (Å²) in [5.41, 5.74) is 2.31. The third kappa shape index (κ3) is 2.44. The molecule has 3 rings (SSSR count). The maximum atomic E-state index is 12.2. The minimum absolute atomic E-state index is 0.0926. The molecule has 0 atom stereocenters. The van der Waals surface area contributed by atoms with Crippen molar-refractivity contribution in [2.24, 2.45) is 0 Å². The topological polar surface area (TPSA) is 22.0 Å². The second kappa shape index (κ2) is 4.83. The molecule has 0 aliphatic carbocycles. The van der Waals surface area contributed by atoms with Crippen molar-refractivity contribution in [3.8, 4) is 0 Å². The highest BCUT2D eigenvalue weighted by Crippen LogP contribution is 2.23. The normalized spacial score (nSPS) is 11.1. The van der Waals surface area contributed by atoms with Crippen LogP contribution in [0.5, 0.6) is 0 Å². The number of nitrogens with zero attached hydrogens (tertiary/aromatic N) is 1. The summed E-state index contributed by atoms with van der Waals surface area (Å²) in [6.45, 7) is 2.42. The van der Waals surface area contributed by atoms with Crippen LogP contribution in [0.15, 0.2) is 42.6 Å². The maximum absolute atomic E-state index is 12.2. The molecule has 0 aliphatic heterocycles. The molecule has 0 aliphatic rings. The average molecular weight is 290 g/mol. The lowest BCUT2D eigenvalue weighted by atomic mass is 10.2. The molecule has 2 nitrogen and oxygen atoms in total. The first kappa shape index (κ1) is 12.5. The summed E-state index contributed by atoms with van der Waals surface area (Å²) < 4.78 is 2.63. The Morgan fingerprint density at radius 2 is 2.11 bits per heavy atom. The standard InChI is InChI=1S/C15H12ClNOS/c1-10-2-3-12-11(8-10)6-7-17(12)9-13(18)14-4-5-15(16)19-14/h2-8H,9H2,1H3. The summed E-state index contributed by atoms with van der Waals surface area (Å²) in [4.78, 5) is 12.9. The van der Waals surface area contributed by atoms with Gasteiger partial charge in [-0.1, -0.05) is 23.2 Å². The van der Waals surface area contributed by atoms with Gasteiger partial charge in [0.1, 0.15) is 0 Å². The predicted molar refractivity (Wildman–Crippen MR) is 80.3 cm³/mol. The van der Waals surface area contributed by atoms with E-state index in [1.807, 2.05) is 16.8 Å². The van der Waals surface area contributed by atoms with Crippen molar-refractivity contribution >= 4 is 39.6 Å². The van der Waals surface area contributed by atoms with Crippen molar-refractivity contribution in [1.29, 1.82) is 0 Å². The lowest BCUT2D eigenvalue weighted by molar-refractivity contribution is 0.0977. The van der Waals surface area contributed by atoms with E-state index in [2.05, 4.69) is 25.1 Å². The van der Waals surface area contributed by atoms with Gasteiger partial charge < -0.3 is 4.57 Å². The van der Waals surface area contributed by atoms with Gasteiger partial charge >= 0.3 is 0 Å². The summed E-state index contributed by atoms with van der Waals surface area (Å²) in [5.74, 6) is 0.0926. The second-order valence-electron chi connectivity index (χ2n) is 4.53. The number of hydrogen-bond acceptors (Lipinski definition) is 2. The zero-order valence-electron chi connectivity index (χ0n) is 10.4. The van der Waals surface area contributed by atoms with Crippen LogP contribution in [0.3, 0.4) is 0 Å². The Morgan fingerprint density at radius 3 is 2.84 bits per heavy atom. The molecule has 19 heavy (non-hydrogen) atoms. The zero-order chi connectivity index (χ0) is 13.4. The van der Waals surface area contributed by atoms with E-state index in [1.54, 1.807) is 12.1 Å². The van der Waals surface area contributed by atoms with Crippen LogP contribution < -0.4 is 0 Å². The van der Waals surface area contributed by atoms with Gasteiger partial charge in [-0.25, -0.2) is 0 Å². The molecule has 0 radical (unpaired) electrons. The van der Waals surface area contributed by atoms with Crippen molar-refractivity contribution in [2.75, 3.05) is 0 Å². The summed E-state index contributed by atoms with van der Waals surface area (Å²) in [5, 5.41) is 1.16. The van der Waals surface area contributed by atoms with E-state index >= 15 is 0 Å². The monoisotopic (exact) mass is 289 g/mol. The quantitative estimate of drug-likeness (QED) is 0.649. The van der Waals surface area contributed by atoms with E-state index in [0.29, 0.717) is 15.8 Å². The van der Waals surface area contributed by atoms with Crippen LogP contribution in [0.4, 0.5) is 0 Å². The van der Waals surface area contributed by atoms with Crippen LogP contribution in [-0.4, -0.2) is 10.4 Å². The highest BCUT2D eigenvalue weighted by Gasteiger charge is 2.11. The van der Waals surface area contributed by atoms with E-state index in [1.165, 1.54) is 16.9 Å². The molecule has 2 heterocycles.